The van der Waals surface area contributed by atoms with Crippen molar-refractivity contribution < 1.29 is 4.57 Å². The number of rotatable bonds is 7. The minimum Gasteiger partial charge on any atom is -0.326 e. The second-order valence-electron chi connectivity index (χ2n) is 4.01. The summed E-state index contributed by atoms with van der Waals surface area (Å²) < 4.78 is 11.8. The summed E-state index contributed by atoms with van der Waals surface area (Å²) in [6.45, 7) is 2.20. The predicted octanol–water partition coefficient (Wildman–Crippen LogP) is 4.33. The van der Waals surface area contributed by atoms with Crippen LogP contribution in [-0.2, 0) is 10.7 Å². The van der Waals surface area contributed by atoms with Crippen molar-refractivity contribution in [1.82, 2.24) is 0 Å². The first-order valence-electron chi connectivity index (χ1n) is 5.88. The first kappa shape index (κ1) is 12.5. The quantitative estimate of drug-likeness (QED) is 0.497. The maximum atomic E-state index is 11.8. The van der Waals surface area contributed by atoms with E-state index in [-0.39, 0.29) is 0 Å². The monoisotopic (exact) mass is 224 g/mol. The summed E-state index contributed by atoms with van der Waals surface area (Å²) in [6.07, 6.45) is 6.62. The molecule has 0 aliphatic heterocycles. The Bertz CT molecular complexity index is 282. The van der Waals surface area contributed by atoms with Crippen molar-refractivity contribution in [2.75, 3.05) is 6.16 Å². The van der Waals surface area contributed by atoms with Crippen molar-refractivity contribution in [2.24, 2.45) is 0 Å². The lowest BCUT2D eigenvalue weighted by molar-refractivity contribution is 0.583. The van der Waals surface area contributed by atoms with Gasteiger partial charge in [-0.1, -0.05) is 56.5 Å². The molecular weight excluding hydrogens is 203 g/mol. The molecule has 0 radical (unpaired) electrons. The van der Waals surface area contributed by atoms with Gasteiger partial charge in [0.25, 0.3) is 0 Å². The van der Waals surface area contributed by atoms with Gasteiger partial charge in [0.05, 0.1) is 7.80 Å². The SMILES string of the molecule is CCCCCC[PH](=O)Cc1ccccc1. The first-order valence-corrected chi connectivity index (χ1v) is 7.71. The van der Waals surface area contributed by atoms with Gasteiger partial charge in [-0.15, -0.1) is 0 Å². The molecule has 2 heteroatoms. The van der Waals surface area contributed by atoms with Crippen LogP contribution >= 0.6 is 7.80 Å². The van der Waals surface area contributed by atoms with Crippen LogP contribution in [0.5, 0.6) is 0 Å². The molecule has 0 saturated carbocycles. The van der Waals surface area contributed by atoms with E-state index < -0.39 is 7.80 Å². The fourth-order valence-corrected chi connectivity index (χ4v) is 3.17. The largest absolute Gasteiger partial charge is 0.326 e. The molecule has 0 N–H and O–H groups in total. The Morgan fingerprint density at radius 3 is 2.47 bits per heavy atom. The van der Waals surface area contributed by atoms with E-state index in [1.807, 2.05) is 18.2 Å². The molecule has 15 heavy (non-hydrogen) atoms. The highest BCUT2D eigenvalue weighted by Gasteiger charge is 2.00. The maximum absolute atomic E-state index is 11.8. The van der Waals surface area contributed by atoms with Gasteiger partial charge in [-0.25, -0.2) is 0 Å². The van der Waals surface area contributed by atoms with Crippen LogP contribution in [0, 0.1) is 0 Å². The van der Waals surface area contributed by atoms with E-state index in [4.69, 9.17) is 0 Å². The van der Waals surface area contributed by atoms with Crippen LogP contribution in [-0.4, -0.2) is 6.16 Å². The summed E-state index contributed by atoms with van der Waals surface area (Å²) in [4.78, 5) is 0. The molecule has 0 aromatic heterocycles. The van der Waals surface area contributed by atoms with Crippen molar-refractivity contribution in [3.05, 3.63) is 35.9 Å². The zero-order valence-electron chi connectivity index (χ0n) is 9.54. The number of hydrogen-bond acceptors (Lipinski definition) is 1. The number of benzene rings is 1. The molecule has 84 valence electrons. The van der Waals surface area contributed by atoms with E-state index in [1.165, 1.54) is 24.8 Å². The summed E-state index contributed by atoms with van der Waals surface area (Å²) >= 11 is 0. The Balaban J connectivity index is 2.19. The fraction of sp³-hybridized carbons (Fsp3) is 0.538. The lowest BCUT2D eigenvalue weighted by Gasteiger charge is -2.02. The summed E-state index contributed by atoms with van der Waals surface area (Å²) in [6, 6.07) is 10.2. The van der Waals surface area contributed by atoms with E-state index in [1.54, 1.807) is 0 Å². The summed E-state index contributed by atoms with van der Waals surface area (Å²) in [5, 5.41) is 0. The molecule has 0 fully saturated rings. The van der Waals surface area contributed by atoms with E-state index in [0.29, 0.717) is 0 Å². The third-order valence-corrected chi connectivity index (χ3v) is 4.27. The standard InChI is InChI=1S/C13H21OP/c1-2-3-4-8-11-15(14)12-13-9-6-5-7-10-13/h5-7,9-10,15H,2-4,8,11-12H2,1H3. The second kappa shape index (κ2) is 7.70. The van der Waals surface area contributed by atoms with E-state index in [0.717, 1.165) is 18.7 Å². The molecule has 0 bridgehead atoms. The molecular formula is C13H21OP. The average Bonchev–Trinajstić information content (AvgIpc) is 2.26. The molecule has 0 aliphatic rings. The van der Waals surface area contributed by atoms with Crippen molar-refractivity contribution in [3.8, 4) is 0 Å². The van der Waals surface area contributed by atoms with E-state index >= 15 is 0 Å². The smallest absolute Gasteiger partial charge is 0.0804 e. The molecule has 1 atom stereocenters. The van der Waals surface area contributed by atoms with Gasteiger partial charge in [-0.05, 0) is 18.1 Å². The molecule has 1 aromatic rings. The van der Waals surface area contributed by atoms with Gasteiger partial charge in [-0.2, -0.15) is 0 Å². The molecule has 1 unspecified atom stereocenters. The number of unbranched alkanes of at least 4 members (excludes halogenated alkanes) is 3. The van der Waals surface area contributed by atoms with Crippen LogP contribution in [0.25, 0.3) is 0 Å². The molecule has 0 spiro atoms. The van der Waals surface area contributed by atoms with Crippen molar-refractivity contribution in [2.45, 2.75) is 38.8 Å². The highest BCUT2D eigenvalue weighted by Crippen LogP contribution is 2.28. The average molecular weight is 224 g/mol. The van der Waals surface area contributed by atoms with Crippen LogP contribution in [0.1, 0.15) is 38.2 Å². The highest BCUT2D eigenvalue weighted by molar-refractivity contribution is 7.43. The van der Waals surface area contributed by atoms with Crippen molar-refractivity contribution in [1.29, 1.82) is 0 Å². The Morgan fingerprint density at radius 1 is 1.07 bits per heavy atom. The van der Waals surface area contributed by atoms with Gasteiger partial charge in [0.2, 0.25) is 0 Å². The van der Waals surface area contributed by atoms with Crippen LogP contribution in [0.4, 0.5) is 0 Å². The molecule has 0 saturated heterocycles. The third-order valence-electron chi connectivity index (χ3n) is 2.55. The Kier molecular flexibility index (Phi) is 6.43. The predicted molar refractivity (Wildman–Crippen MR) is 68.2 cm³/mol. The van der Waals surface area contributed by atoms with Crippen LogP contribution < -0.4 is 0 Å². The van der Waals surface area contributed by atoms with Crippen LogP contribution in [0.3, 0.4) is 0 Å². The zero-order chi connectivity index (χ0) is 10.9. The van der Waals surface area contributed by atoms with Gasteiger partial charge in [0, 0.05) is 6.16 Å². The lowest BCUT2D eigenvalue weighted by Crippen LogP contribution is -1.84. The molecule has 1 aromatic carbocycles. The Labute approximate surface area is 93.7 Å². The second-order valence-corrected chi connectivity index (χ2v) is 5.94. The number of hydrogen-bond donors (Lipinski definition) is 0. The van der Waals surface area contributed by atoms with E-state index in [2.05, 4.69) is 19.1 Å². The molecule has 0 amide bonds. The van der Waals surface area contributed by atoms with Gasteiger partial charge < -0.3 is 4.57 Å². The minimum atomic E-state index is -1.37. The molecule has 1 nitrogen and oxygen atoms in total. The van der Waals surface area contributed by atoms with Crippen LogP contribution in [0.2, 0.25) is 0 Å². The first-order chi connectivity index (χ1) is 7.33. The Morgan fingerprint density at radius 2 is 1.80 bits per heavy atom. The van der Waals surface area contributed by atoms with Gasteiger partial charge in [0.15, 0.2) is 0 Å². The van der Waals surface area contributed by atoms with Gasteiger partial charge >= 0.3 is 0 Å². The minimum absolute atomic E-state index is 0.789. The van der Waals surface area contributed by atoms with Crippen molar-refractivity contribution in [3.63, 3.8) is 0 Å². The summed E-state index contributed by atoms with van der Waals surface area (Å²) in [5.41, 5.74) is 1.22. The van der Waals surface area contributed by atoms with Gasteiger partial charge in [-0.3, -0.25) is 0 Å². The molecule has 0 aliphatic carbocycles. The normalized spacial score (nSPS) is 12.6. The van der Waals surface area contributed by atoms with Gasteiger partial charge in [0.1, 0.15) is 0 Å². The van der Waals surface area contributed by atoms with Crippen molar-refractivity contribution >= 4 is 7.80 Å². The van der Waals surface area contributed by atoms with E-state index in [9.17, 15) is 4.57 Å². The third kappa shape index (κ3) is 5.79. The molecule has 0 heterocycles. The topological polar surface area (TPSA) is 17.1 Å². The molecule has 1 rings (SSSR count). The summed E-state index contributed by atoms with van der Waals surface area (Å²) in [5.74, 6) is 0. The highest BCUT2D eigenvalue weighted by atomic mass is 31.1. The lowest BCUT2D eigenvalue weighted by atomic mass is 10.2. The maximum Gasteiger partial charge on any atom is 0.0804 e. The fourth-order valence-electron chi connectivity index (χ4n) is 1.66. The zero-order valence-corrected chi connectivity index (χ0v) is 10.5. The summed E-state index contributed by atoms with van der Waals surface area (Å²) in [7, 11) is -1.37. The Hall–Kier alpha value is -0.550. The van der Waals surface area contributed by atoms with Crippen LogP contribution in [0.15, 0.2) is 30.3 Å².